The third-order valence-electron chi connectivity index (χ3n) is 5.60. The number of nitrogens with zero attached hydrogens (tertiary/aromatic N) is 1. The molecule has 2 heterocycles. The highest BCUT2D eigenvalue weighted by molar-refractivity contribution is 9.10. The van der Waals surface area contributed by atoms with Crippen LogP contribution in [0.2, 0.25) is 5.02 Å². The summed E-state index contributed by atoms with van der Waals surface area (Å²) < 4.78 is 11.9. The number of amides is 1. The molecule has 35 heavy (non-hydrogen) atoms. The first-order valence-corrected chi connectivity index (χ1v) is 12.7. The van der Waals surface area contributed by atoms with E-state index < -0.39 is 0 Å². The average Bonchev–Trinajstić information content (AvgIpc) is 3.23. The van der Waals surface area contributed by atoms with E-state index in [1.165, 1.54) is 0 Å². The van der Waals surface area contributed by atoms with Gasteiger partial charge in [-0.05, 0) is 48.2 Å². The fourth-order valence-corrected chi connectivity index (χ4v) is 4.39. The van der Waals surface area contributed by atoms with Crippen molar-refractivity contribution in [1.29, 1.82) is 0 Å². The van der Waals surface area contributed by atoms with Crippen LogP contribution in [-0.2, 0) is 6.61 Å². The third-order valence-corrected chi connectivity index (χ3v) is 6.53. The molecule has 1 saturated heterocycles. The van der Waals surface area contributed by atoms with Gasteiger partial charge in [-0.2, -0.15) is 0 Å². The second-order valence-electron chi connectivity index (χ2n) is 8.46. The van der Waals surface area contributed by atoms with Crippen LogP contribution in [0.4, 0.5) is 0 Å². The number of benzene rings is 2. The van der Waals surface area contributed by atoms with Crippen LogP contribution in [-0.4, -0.2) is 43.8 Å². The molecule has 1 fully saturated rings. The maximum Gasteiger partial charge on any atom is 0.255 e. The lowest BCUT2D eigenvalue weighted by molar-refractivity contribution is 0.0949. The number of hydrogen-bond acceptors (Lipinski definition) is 6. The summed E-state index contributed by atoms with van der Waals surface area (Å²) in [5, 5.41) is 14.3. The smallest absolute Gasteiger partial charge is 0.255 e. The maximum atomic E-state index is 13.1. The molecule has 0 atom stereocenters. The van der Waals surface area contributed by atoms with Gasteiger partial charge in [0.25, 0.3) is 5.91 Å². The predicted octanol–water partition coefficient (Wildman–Crippen LogP) is 4.69. The summed E-state index contributed by atoms with van der Waals surface area (Å²) in [4.78, 5) is 13.1. The number of ether oxygens (including phenoxy) is 1. The SMILES string of the molecule is Cc1cc(COc2ccc(/C=C/c3ccc(Cl)cc3Br)cc2C(=O)NCCNCC2CNC2)no1. The largest absolute Gasteiger partial charge is 0.486 e. The number of halogens is 2. The van der Waals surface area contributed by atoms with Crippen molar-refractivity contribution in [3.05, 3.63) is 80.1 Å². The van der Waals surface area contributed by atoms with E-state index in [1.54, 1.807) is 6.07 Å². The minimum absolute atomic E-state index is 0.189. The van der Waals surface area contributed by atoms with Gasteiger partial charge in [-0.15, -0.1) is 0 Å². The van der Waals surface area contributed by atoms with Gasteiger partial charge in [0.15, 0.2) is 0 Å². The van der Waals surface area contributed by atoms with Crippen molar-refractivity contribution >= 4 is 45.6 Å². The Balaban J connectivity index is 1.45. The highest BCUT2D eigenvalue weighted by Crippen LogP contribution is 2.26. The van der Waals surface area contributed by atoms with Gasteiger partial charge in [0, 0.05) is 48.3 Å². The lowest BCUT2D eigenvalue weighted by Gasteiger charge is -2.27. The number of carbonyl (C=O) groups is 1. The minimum atomic E-state index is -0.189. The molecular formula is C26H28BrClN4O3. The molecule has 0 saturated carbocycles. The van der Waals surface area contributed by atoms with E-state index in [4.69, 9.17) is 20.9 Å². The van der Waals surface area contributed by atoms with Gasteiger partial charge < -0.3 is 25.2 Å². The monoisotopic (exact) mass is 558 g/mol. The topological polar surface area (TPSA) is 88.4 Å². The average molecular weight is 560 g/mol. The molecule has 1 aliphatic heterocycles. The molecule has 0 unspecified atom stereocenters. The molecule has 0 aliphatic carbocycles. The first kappa shape index (κ1) is 25.4. The van der Waals surface area contributed by atoms with Crippen molar-refractivity contribution in [2.24, 2.45) is 5.92 Å². The van der Waals surface area contributed by atoms with E-state index in [0.717, 1.165) is 35.2 Å². The molecular weight excluding hydrogens is 532 g/mol. The molecule has 2 aromatic carbocycles. The third kappa shape index (κ3) is 7.41. The Kier molecular flexibility index (Phi) is 8.98. The fraction of sp³-hybridized carbons (Fsp3) is 0.308. The van der Waals surface area contributed by atoms with Crippen molar-refractivity contribution in [3.8, 4) is 5.75 Å². The molecule has 0 bridgehead atoms. The van der Waals surface area contributed by atoms with Crippen molar-refractivity contribution in [3.63, 3.8) is 0 Å². The Morgan fingerprint density at radius 1 is 1.23 bits per heavy atom. The lowest BCUT2D eigenvalue weighted by Crippen LogP contribution is -2.48. The van der Waals surface area contributed by atoms with E-state index in [9.17, 15) is 4.79 Å². The summed E-state index contributed by atoms with van der Waals surface area (Å²) in [6.07, 6.45) is 3.92. The van der Waals surface area contributed by atoms with Crippen LogP contribution >= 0.6 is 27.5 Å². The Morgan fingerprint density at radius 3 is 2.80 bits per heavy atom. The zero-order valence-electron chi connectivity index (χ0n) is 19.4. The van der Waals surface area contributed by atoms with E-state index in [-0.39, 0.29) is 12.5 Å². The fourth-order valence-electron chi connectivity index (χ4n) is 3.57. The Bertz CT molecular complexity index is 1190. The van der Waals surface area contributed by atoms with Crippen molar-refractivity contribution in [2.45, 2.75) is 13.5 Å². The molecule has 1 aliphatic rings. The Morgan fingerprint density at radius 2 is 2.09 bits per heavy atom. The van der Waals surface area contributed by atoms with Gasteiger partial charge in [0.2, 0.25) is 0 Å². The van der Waals surface area contributed by atoms with Gasteiger partial charge in [0.05, 0.1) is 5.56 Å². The molecule has 3 N–H and O–H groups in total. The molecule has 1 aromatic heterocycles. The first-order chi connectivity index (χ1) is 17.0. The molecule has 3 aromatic rings. The number of aryl methyl sites for hydroxylation is 1. The van der Waals surface area contributed by atoms with Crippen LogP contribution < -0.4 is 20.7 Å². The molecule has 9 heteroatoms. The highest BCUT2D eigenvalue weighted by Gasteiger charge is 2.16. The molecule has 0 spiro atoms. The second kappa shape index (κ2) is 12.4. The summed E-state index contributed by atoms with van der Waals surface area (Å²) in [5.74, 6) is 1.68. The quantitative estimate of drug-likeness (QED) is 0.233. The number of rotatable bonds is 11. The predicted molar refractivity (Wildman–Crippen MR) is 142 cm³/mol. The van der Waals surface area contributed by atoms with Gasteiger partial charge in [-0.1, -0.05) is 57.0 Å². The summed E-state index contributed by atoms with van der Waals surface area (Å²) in [5.41, 5.74) is 2.98. The van der Waals surface area contributed by atoms with E-state index in [1.807, 2.05) is 55.5 Å². The standard InChI is InChI=1S/C26H28BrClN4O3/c1-17-10-22(32-35-17)16-34-25-7-3-18(2-4-20-5-6-21(28)12-24(20)27)11-23(25)26(33)31-9-8-29-13-19-14-30-15-19/h2-7,10-12,19,29-30H,8-9,13-16H2,1H3,(H,31,33)/b4-2+. The van der Waals surface area contributed by atoms with Crippen LogP contribution in [0.3, 0.4) is 0 Å². The highest BCUT2D eigenvalue weighted by atomic mass is 79.9. The first-order valence-electron chi connectivity index (χ1n) is 11.5. The molecule has 184 valence electrons. The number of carbonyl (C=O) groups excluding carboxylic acids is 1. The number of hydrogen-bond donors (Lipinski definition) is 3. The van der Waals surface area contributed by atoms with Crippen molar-refractivity contribution in [2.75, 3.05) is 32.7 Å². The lowest BCUT2D eigenvalue weighted by atomic mass is 10.0. The van der Waals surface area contributed by atoms with Gasteiger partial charge in [0.1, 0.15) is 23.8 Å². The van der Waals surface area contributed by atoms with Crippen LogP contribution in [0.15, 0.2) is 51.5 Å². The van der Waals surface area contributed by atoms with E-state index in [0.29, 0.717) is 46.8 Å². The zero-order chi connectivity index (χ0) is 24.6. The van der Waals surface area contributed by atoms with Crippen molar-refractivity contribution in [1.82, 2.24) is 21.1 Å². The van der Waals surface area contributed by atoms with Crippen LogP contribution in [0.25, 0.3) is 12.2 Å². The Labute approximate surface area is 218 Å². The van der Waals surface area contributed by atoms with Gasteiger partial charge in [-0.25, -0.2) is 0 Å². The maximum absolute atomic E-state index is 13.1. The van der Waals surface area contributed by atoms with Gasteiger partial charge >= 0.3 is 0 Å². The molecule has 0 radical (unpaired) electrons. The summed E-state index contributed by atoms with van der Waals surface area (Å²) in [7, 11) is 0. The Hall–Kier alpha value is -2.65. The minimum Gasteiger partial charge on any atom is -0.486 e. The number of aromatic nitrogens is 1. The van der Waals surface area contributed by atoms with E-state index >= 15 is 0 Å². The second-order valence-corrected chi connectivity index (χ2v) is 9.75. The van der Waals surface area contributed by atoms with Crippen molar-refractivity contribution < 1.29 is 14.1 Å². The number of nitrogens with one attached hydrogen (secondary N) is 3. The summed E-state index contributed by atoms with van der Waals surface area (Å²) in [6.45, 7) is 6.33. The summed E-state index contributed by atoms with van der Waals surface area (Å²) >= 11 is 9.57. The molecule has 1 amide bonds. The molecule has 7 nitrogen and oxygen atoms in total. The van der Waals surface area contributed by atoms with Crippen LogP contribution in [0.5, 0.6) is 5.75 Å². The molecule has 4 rings (SSSR count). The van der Waals surface area contributed by atoms with E-state index in [2.05, 4.69) is 37.0 Å². The zero-order valence-corrected chi connectivity index (χ0v) is 21.8. The van der Waals surface area contributed by atoms with Crippen LogP contribution in [0.1, 0.15) is 32.9 Å². The summed E-state index contributed by atoms with van der Waals surface area (Å²) in [6, 6.07) is 13.0. The van der Waals surface area contributed by atoms with Crippen LogP contribution in [0, 0.1) is 12.8 Å². The van der Waals surface area contributed by atoms with Gasteiger partial charge in [-0.3, -0.25) is 4.79 Å². The normalized spacial score (nSPS) is 13.7.